The van der Waals surface area contributed by atoms with Crippen LogP contribution in [0.4, 0.5) is 0 Å². The Morgan fingerprint density at radius 3 is 1.44 bits per heavy atom. The first-order valence-electron chi connectivity index (χ1n) is 11.3. The first-order valence-corrected chi connectivity index (χ1v) is 11.3. The van der Waals surface area contributed by atoms with Crippen LogP contribution in [0.25, 0.3) is 0 Å². The molecule has 0 radical (unpaired) electrons. The molecular formula is C22H42O5. The second-order valence-corrected chi connectivity index (χ2v) is 7.87. The van der Waals surface area contributed by atoms with E-state index in [9.17, 15) is 0 Å². The summed E-state index contributed by atoms with van der Waals surface area (Å²) in [5.74, 6) is 0. The van der Waals surface area contributed by atoms with Gasteiger partial charge in [0.05, 0.1) is 37.6 Å². The van der Waals surface area contributed by atoms with Crippen molar-refractivity contribution >= 4 is 0 Å². The van der Waals surface area contributed by atoms with E-state index < -0.39 is 0 Å². The minimum absolute atomic E-state index is 0.0982. The highest BCUT2D eigenvalue weighted by molar-refractivity contribution is 4.89. The first-order chi connectivity index (χ1) is 13.2. The van der Waals surface area contributed by atoms with Gasteiger partial charge in [0.15, 0.2) is 0 Å². The number of rotatable bonds is 18. The second-order valence-electron chi connectivity index (χ2n) is 7.87. The highest BCUT2D eigenvalue weighted by Crippen LogP contribution is 2.31. The zero-order chi connectivity index (χ0) is 19.5. The van der Waals surface area contributed by atoms with Gasteiger partial charge in [-0.05, 0) is 26.7 Å². The second kappa shape index (κ2) is 13.1. The molecule has 0 N–H and O–H groups in total. The molecule has 0 aliphatic carbocycles. The summed E-state index contributed by atoms with van der Waals surface area (Å²) in [5.41, 5.74) is 0. The summed E-state index contributed by atoms with van der Waals surface area (Å²) >= 11 is 0. The van der Waals surface area contributed by atoms with Crippen LogP contribution in [-0.4, -0.2) is 63.1 Å². The molecule has 6 atom stereocenters. The average Bonchev–Trinajstić information content (AvgIpc) is 3.55. The largest absolute Gasteiger partial charge is 0.378 e. The van der Waals surface area contributed by atoms with E-state index in [0.29, 0.717) is 0 Å². The topological polar surface area (TPSA) is 52.8 Å². The Balaban J connectivity index is 1.91. The average molecular weight is 387 g/mol. The molecule has 2 heterocycles. The lowest BCUT2D eigenvalue weighted by Crippen LogP contribution is -2.36. The summed E-state index contributed by atoms with van der Waals surface area (Å²) < 4.78 is 29.8. The Morgan fingerprint density at radius 2 is 1.15 bits per heavy atom. The summed E-state index contributed by atoms with van der Waals surface area (Å²) in [7, 11) is 0. The van der Waals surface area contributed by atoms with Crippen molar-refractivity contribution in [2.75, 3.05) is 26.4 Å². The quantitative estimate of drug-likeness (QED) is 0.324. The van der Waals surface area contributed by atoms with Gasteiger partial charge < -0.3 is 23.7 Å². The number of hydrogen-bond donors (Lipinski definition) is 0. The summed E-state index contributed by atoms with van der Waals surface area (Å²) in [6.07, 6.45) is 9.95. The molecule has 160 valence electrons. The molecule has 0 amide bonds. The summed E-state index contributed by atoms with van der Waals surface area (Å²) in [4.78, 5) is 0. The summed E-state index contributed by atoms with van der Waals surface area (Å²) in [6.45, 7) is 11.7. The Morgan fingerprint density at radius 1 is 0.741 bits per heavy atom. The van der Waals surface area contributed by atoms with Crippen molar-refractivity contribution in [3.05, 3.63) is 0 Å². The fourth-order valence-electron chi connectivity index (χ4n) is 3.75. The minimum Gasteiger partial charge on any atom is -0.378 e. The zero-order valence-electron chi connectivity index (χ0n) is 18.0. The van der Waals surface area contributed by atoms with Gasteiger partial charge in [-0.2, -0.15) is 0 Å². The predicted octanol–water partition coefficient (Wildman–Crippen LogP) is 4.51. The molecule has 0 aromatic carbocycles. The van der Waals surface area contributed by atoms with Gasteiger partial charge in [0.2, 0.25) is 0 Å². The smallest absolute Gasteiger partial charge is 0.107 e. The minimum atomic E-state index is 0.0982. The van der Waals surface area contributed by atoms with Crippen LogP contribution in [0.15, 0.2) is 0 Å². The summed E-state index contributed by atoms with van der Waals surface area (Å²) in [5, 5.41) is 0. The number of epoxide rings is 2. The van der Waals surface area contributed by atoms with Crippen LogP contribution in [0.5, 0.6) is 0 Å². The molecule has 0 aromatic rings. The van der Waals surface area contributed by atoms with Crippen molar-refractivity contribution in [2.45, 2.75) is 116 Å². The molecule has 0 spiro atoms. The lowest BCUT2D eigenvalue weighted by Gasteiger charge is -2.29. The molecule has 0 saturated carbocycles. The lowest BCUT2D eigenvalue weighted by atomic mass is 10.0. The van der Waals surface area contributed by atoms with E-state index in [-0.39, 0.29) is 36.6 Å². The molecule has 6 unspecified atom stereocenters. The van der Waals surface area contributed by atoms with Crippen LogP contribution in [0.1, 0.15) is 79.1 Å². The third-order valence-electron chi connectivity index (χ3n) is 5.45. The first kappa shape index (κ1) is 23.1. The maximum Gasteiger partial charge on any atom is 0.107 e. The van der Waals surface area contributed by atoms with Gasteiger partial charge in [0.1, 0.15) is 12.2 Å². The molecule has 0 aromatic heterocycles. The van der Waals surface area contributed by atoms with Gasteiger partial charge in [0.25, 0.3) is 0 Å². The van der Waals surface area contributed by atoms with E-state index in [1.165, 1.54) is 25.7 Å². The molecule has 2 saturated heterocycles. The predicted molar refractivity (Wildman–Crippen MR) is 107 cm³/mol. The van der Waals surface area contributed by atoms with E-state index in [1.54, 1.807) is 0 Å². The Bertz CT molecular complexity index is 336. The van der Waals surface area contributed by atoms with Crippen LogP contribution >= 0.6 is 0 Å². The van der Waals surface area contributed by atoms with Gasteiger partial charge in [-0.1, -0.05) is 39.5 Å². The van der Waals surface area contributed by atoms with E-state index in [1.807, 2.05) is 0 Å². The van der Waals surface area contributed by atoms with Gasteiger partial charge in [0, 0.05) is 26.1 Å². The van der Waals surface area contributed by atoms with E-state index in [2.05, 4.69) is 27.7 Å². The SMILES string of the molecule is CCCCC(CC(OC(CC(CCCC)OCC)C1CO1)C1CO1)OCC. The molecule has 27 heavy (non-hydrogen) atoms. The molecular weight excluding hydrogens is 344 g/mol. The molecule has 0 bridgehead atoms. The summed E-state index contributed by atoms with van der Waals surface area (Å²) in [6, 6.07) is 0. The normalized spacial score (nSPS) is 25.8. The number of hydrogen-bond acceptors (Lipinski definition) is 5. The van der Waals surface area contributed by atoms with Crippen molar-refractivity contribution < 1.29 is 23.7 Å². The van der Waals surface area contributed by atoms with Crippen LogP contribution in [0.2, 0.25) is 0 Å². The standard InChI is InChI=1S/C22H42O5/c1-5-9-11-17(23-7-3)13-19(21-15-25-21)27-20(22-16-26-22)14-18(24-8-4)12-10-6-2/h17-22H,5-16H2,1-4H3. The van der Waals surface area contributed by atoms with Crippen molar-refractivity contribution in [1.29, 1.82) is 0 Å². The highest BCUT2D eigenvalue weighted by atomic mass is 16.6. The molecule has 2 aliphatic heterocycles. The molecule has 2 fully saturated rings. The van der Waals surface area contributed by atoms with Crippen molar-refractivity contribution in [2.24, 2.45) is 0 Å². The van der Waals surface area contributed by atoms with Crippen LogP contribution < -0.4 is 0 Å². The Labute approximate surface area is 166 Å². The van der Waals surface area contributed by atoms with Crippen molar-refractivity contribution in [1.82, 2.24) is 0 Å². The fraction of sp³-hybridized carbons (Fsp3) is 1.00. The van der Waals surface area contributed by atoms with Crippen LogP contribution in [0, 0.1) is 0 Å². The molecule has 2 rings (SSSR count). The lowest BCUT2D eigenvalue weighted by molar-refractivity contribution is -0.0892. The van der Waals surface area contributed by atoms with Crippen molar-refractivity contribution in [3.63, 3.8) is 0 Å². The third-order valence-corrected chi connectivity index (χ3v) is 5.45. The number of unbranched alkanes of at least 4 members (excludes halogenated alkanes) is 2. The van der Waals surface area contributed by atoms with E-state index in [0.717, 1.165) is 52.1 Å². The molecule has 2 aliphatic rings. The third kappa shape index (κ3) is 9.23. The highest BCUT2D eigenvalue weighted by Gasteiger charge is 2.42. The van der Waals surface area contributed by atoms with Crippen molar-refractivity contribution in [3.8, 4) is 0 Å². The van der Waals surface area contributed by atoms with Crippen LogP contribution in [0.3, 0.4) is 0 Å². The van der Waals surface area contributed by atoms with Gasteiger partial charge in [-0.3, -0.25) is 0 Å². The maximum atomic E-state index is 6.60. The maximum absolute atomic E-state index is 6.60. The zero-order valence-corrected chi connectivity index (χ0v) is 18.0. The Kier molecular flexibility index (Phi) is 11.2. The Hall–Kier alpha value is -0.200. The van der Waals surface area contributed by atoms with Crippen LogP contribution in [-0.2, 0) is 23.7 Å². The molecule has 5 nitrogen and oxygen atoms in total. The fourth-order valence-corrected chi connectivity index (χ4v) is 3.75. The molecule has 5 heteroatoms. The number of ether oxygens (including phenoxy) is 5. The van der Waals surface area contributed by atoms with E-state index in [4.69, 9.17) is 23.7 Å². The van der Waals surface area contributed by atoms with Gasteiger partial charge in [-0.25, -0.2) is 0 Å². The monoisotopic (exact) mass is 386 g/mol. The van der Waals surface area contributed by atoms with Gasteiger partial charge >= 0.3 is 0 Å². The van der Waals surface area contributed by atoms with Gasteiger partial charge in [-0.15, -0.1) is 0 Å². The van der Waals surface area contributed by atoms with E-state index >= 15 is 0 Å².